The van der Waals surface area contributed by atoms with Gasteiger partial charge in [0, 0.05) is 14.0 Å². The lowest BCUT2D eigenvalue weighted by Crippen LogP contribution is -2.09. The summed E-state index contributed by atoms with van der Waals surface area (Å²) < 4.78 is 1.73. The van der Waals surface area contributed by atoms with Gasteiger partial charge >= 0.3 is 0 Å². The van der Waals surface area contributed by atoms with Gasteiger partial charge in [-0.2, -0.15) is 5.10 Å². The minimum Gasteiger partial charge on any atom is -0.311 e. The van der Waals surface area contributed by atoms with Gasteiger partial charge in [-0.15, -0.1) is 10.2 Å². The van der Waals surface area contributed by atoms with Crippen LogP contribution in [0.25, 0.3) is 0 Å². The van der Waals surface area contributed by atoms with E-state index in [1.807, 2.05) is 38.2 Å². The summed E-state index contributed by atoms with van der Waals surface area (Å²) in [7, 11) is 1.81. The van der Waals surface area contributed by atoms with Gasteiger partial charge in [-0.05, 0) is 30.8 Å². The third-order valence-electron chi connectivity index (χ3n) is 2.50. The first-order chi connectivity index (χ1) is 9.56. The Hall–Kier alpha value is -2.15. The van der Waals surface area contributed by atoms with Crippen molar-refractivity contribution in [3.05, 3.63) is 36.2 Å². The van der Waals surface area contributed by atoms with Crippen LogP contribution < -0.4 is 5.43 Å². The number of rotatable bonds is 4. The highest BCUT2D eigenvalue weighted by Gasteiger charge is 2.12. The monoisotopic (exact) mass is 289 g/mol. The minimum atomic E-state index is -0.127. The number of hydrazone groups is 1. The van der Waals surface area contributed by atoms with Crippen LogP contribution in [0.4, 0.5) is 5.69 Å². The molecule has 20 heavy (non-hydrogen) atoms. The lowest BCUT2D eigenvalue weighted by atomic mass is 10.2. The van der Waals surface area contributed by atoms with Crippen molar-refractivity contribution in [2.45, 2.75) is 19.0 Å². The maximum atomic E-state index is 11.6. The van der Waals surface area contributed by atoms with E-state index >= 15 is 0 Å². The fourth-order valence-corrected chi connectivity index (χ4v) is 2.06. The van der Waals surface area contributed by atoms with Gasteiger partial charge in [0.05, 0.1) is 5.69 Å². The molecule has 1 aromatic carbocycles. The van der Waals surface area contributed by atoms with Crippen molar-refractivity contribution in [1.82, 2.24) is 14.8 Å². The molecule has 1 aromatic heterocycles. The summed E-state index contributed by atoms with van der Waals surface area (Å²) in [6, 6.07) is 7.76. The number of anilines is 1. The molecule has 0 aliphatic carbocycles. The average molecular weight is 289 g/mol. The molecule has 104 valence electrons. The molecule has 1 N–H and O–H groups in total. The van der Waals surface area contributed by atoms with E-state index in [1.54, 1.807) is 10.9 Å². The first-order valence-electron chi connectivity index (χ1n) is 5.99. The fourth-order valence-electron chi connectivity index (χ4n) is 1.37. The van der Waals surface area contributed by atoms with Crippen LogP contribution in [0.2, 0.25) is 0 Å². The maximum Gasteiger partial charge on any atom is 0.197 e. The zero-order chi connectivity index (χ0) is 14.5. The summed E-state index contributed by atoms with van der Waals surface area (Å²) in [5.41, 5.74) is 4.87. The summed E-state index contributed by atoms with van der Waals surface area (Å²) in [5, 5.41) is 12.8. The Morgan fingerprint density at radius 1 is 1.35 bits per heavy atom. The summed E-state index contributed by atoms with van der Waals surface area (Å²) in [4.78, 5) is 11.6. The molecule has 1 heterocycles. The first-order valence-corrected chi connectivity index (χ1v) is 6.81. The van der Waals surface area contributed by atoms with Crippen LogP contribution in [-0.2, 0) is 11.8 Å². The van der Waals surface area contributed by atoms with Crippen molar-refractivity contribution in [2.24, 2.45) is 12.1 Å². The fraction of sp³-hybridized carbons (Fsp3) is 0.231. The number of Topliss-reactive ketones (excluding diaryl/α,β-unsaturated/α-hetero) is 1. The van der Waals surface area contributed by atoms with Crippen LogP contribution in [-0.4, -0.2) is 25.6 Å². The number of carbonyl (C=O) groups is 1. The van der Waals surface area contributed by atoms with Gasteiger partial charge in [0.2, 0.25) is 0 Å². The molecule has 0 radical (unpaired) electrons. The molecule has 0 saturated heterocycles. The second-order valence-electron chi connectivity index (χ2n) is 4.28. The summed E-state index contributed by atoms with van der Waals surface area (Å²) >= 11 is 1.18. The second kappa shape index (κ2) is 6.33. The number of benzene rings is 1. The van der Waals surface area contributed by atoms with Crippen molar-refractivity contribution in [3.63, 3.8) is 0 Å². The largest absolute Gasteiger partial charge is 0.311 e. The van der Waals surface area contributed by atoms with Gasteiger partial charge in [0.25, 0.3) is 0 Å². The second-order valence-corrected chi connectivity index (χ2v) is 5.23. The molecule has 7 heteroatoms. The molecular weight excluding hydrogens is 274 g/mol. The Kier molecular flexibility index (Phi) is 4.52. The predicted octanol–water partition coefficient (Wildman–Crippen LogP) is 2.23. The van der Waals surface area contributed by atoms with E-state index in [9.17, 15) is 4.79 Å². The molecule has 0 fully saturated rings. The van der Waals surface area contributed by atoms with Crippen LogP contribution in [0.3, 0.4) is 0 Å². The van der Waals surface area contributed by atoms with Crippen molar-refractivity contribution in [3.8, 4) is 0 Å². The predicted molar refractivity (Wildman–Crippen MR) is 79.8 cm³/mol. The molecule has 6 nitrogen and oxygen atoms in total. The van der Waals surface area contributed by atoms with E-state index in [2.05, 4.69) is 20.7 Å². The number of nitrogens with zero attached hydrogens (tertiary/aromatic N) is 4. The van der Waals surface area contributed by atoms with E-state index in [0.717, 1.165) is 5.69 Å². The Balaban J connectivity index is 2.12. The summed E-state index contributed by atoms with van der Waals surface area (Å²) in [6.07, 6.45) is 1.58. The molecular formula is C13H15N5OS. The zero-order valence-corrected chi connectivity index (χ0v) is 12.3. The molecule has 0 saturated carbocycles. The number of thioether (sulfide) groups is 1. The SMILES string of the molecule is CC(=O)/C(=N/Nc1ccc(C)cc1)Sc1nncn1C. The highest BCUT2D eigenvalue weighted by Crippen LogP contribution is 2.17. The first kappa shape index (κ1) is 14.3. The average Bonchev–Trinajstić information content (AvgIpc) is 2.81. The van der Waals surface area contributed by atoms with E-state index in [1.165, 1.54) is 24.2 Å². The van der Waals surface area contributed by atoms with Crippen LogP contribution >= 0.6 is 11.8 Å². The minimum absolute atomic E-state index is 0.127. The highest BCUT2D eigenvalue weighted by atomic mass is 32.2. The molecule has 0 aliphatic heterocycles. The standard InChI is InChI=1S/C13H15N5OS/c1-9-4-6-11(7-5-9)15-16-12(10(2)19)20-13-17-14-8-18(13)3/h4-8,15H,1-3H3/b16-12-. The van der Waals surface area contributed by atoms with Crippen LogP contribution in [0.15, 0.2) is 40.9 Å². The van der Waals surface area contributed by atoms with Crippen molar-refractivity contribution < 1.29 is 4.79 Å². The number of carbonyl (C=O) groups excluding carboxylic acids is 1. The lowest BCUT2D eigenvalue weighted by molar-refractivity contribution is -0.110. The molecule has 0 atom stereocenters. The highest BCUT2D eigenvalue weighted by molar-refractivity contribution is 8.15. The molecule has 0 spiro atoms. The lowest BCUT2D eigenvalue weighted by Gasteiger charge is -2.04. The Bertz CT molecular complexity index is 632. The van der Waals surface area contributed by atoms with Gasteiger partial charge in [-0.3, -0.25) is 10.2 Å². The van der Waals surface area contributed by atoms with E-state index in [4.69, 9.17) is 0 Å². The van der Waals surface area contributed by atoms with Gasteiger partial charge in [0.15, 0.2) is 16.0 Å². The molecule has 0 bridgehead atoms. The maximum absolute atomic E-state index is 11.6. The van der Waals surface area contributed by atoms with E-state index in [0.29, 0.717) is 10.2 Å². The summed E-state index contributed by atoms with van der Waals surface area (Å²) in [6.45, 7) is 3.48. The topological polar surface area (TPSA) is 72.2 Å². The van der Waals surface area contributed by atoms with Crippen LogP contribution in [0, 0.1) is 6.92 Å². The third kappa shape index (κ3) is 3.67. The third-order valence-corrected chi connectivity index (χ3v) is 3.62. The smallest absolute Gasteiger partial charge is 0.197 e. The number of aromatic nitrogens is 3. The molecule has 2 rings (SSSR count). The van der Waals surface area contributed by atoms with Gasteiger partial charge in [-0.25, -0.2) is 0 Å². The normalized spacial score (nSPS) is 11.4. The molecule has 0 aliphatic rings. The molecule has 2 aromatic rings. The number of ketones is 1. The molecule has 0 unspecified atom stereocenters. The Morgan fingerprint density at radius 2 is 2.05 bits per heavy atom. The van der Waals surface area contributed by atoms with Crippen LogP contribution in [0.1, 0.15) is 12.5 Å². The number of hydrogen-bond acceptors (Lipinski definition) is 6. The van der Waals surface area contributed by atoms with Crippen molar-refractivity contribution in [1.29, 1.82) is 0 Å². The van der Waals surface area contributed by atoms with Crippen LogP contribution in [0.5, 0.6) is 0 Å². The van der Waals surface area contributed by atoms with E-state index in [-0.39, 0.29) is 5.78 Å². The van der Waals surface area contributed by atoms with Gasteiger partial charge in [0.1, 0.15) is 6.33 Å². The van der Waals surface area contributed by atoms with Crippen molar-refractivity contribution >= 4 is 28.3 Å². The quantitative estimate of drug-likeness (QED) is 0.404. The Morgan fingerprint density at radius 3 is 2.60 bits per heavy atom. The Labute approximate surface area is 121 Å². The summed E-state index contributed by atoms with van der Waals surface area (Å²) in [5.74, 6) is -0.127. The van der Waals surface area contributed by atoms with E-state index < -0.39 is 0 Å². The van der Waals surface area contributed by atoms with Gasteiger partial charge < -0.3 is 4.57 Å². The molecule has 0 amide bonds. The van der Waals surface area contributed by atoms with Gasteiger partial charge in [-0.1, -0.05) is 17.7 Å². The number of nitrogens with one attached hydrogen (secondary N) is 1. The van der Waals surface area contributed by atoms with Crippen molar-refractivity contribution in [2.75, 3.05) is 5.43 Å². The zero-order valence-electron chi connectivity index (χ0n) is 11.5. The number of aryl methyl sites for hydroxylation is 2. The number of hydrogen-bond donors (Lipinski definition) is 1.